The molecule has 1 aromatic rings. The standard InChI is InChI=1S/C14H16ClNO3/c15-10-2-3-11-9(6-10)7-12(19-11)13(18)16-14(8-17)4-1-5-14/h2-3,6,12,17H,1,4-5,7-8H2,(H,16,18). The van der Waals surface area contributed by atoms with E-state index in [4.69, 9.17) is 16.3 Å². The zero-order chi connectivity index (χ0) is 13.5. The van der Waals surface area contributed by atoms with Gasteiger partial charge in [0.25, 0.3) is 5.91 Å². The van der Waals surface area contributed by atoms with Gasteiger partial charge in [0, 0.05) is 11.4 Å². The SMILES string of the molecule is O=C(NC1(CO)CCC1)C1Cc2cc(Cl)ccc2O1. The number of hydrogen-bond donors (Lipinski definition) is 2. The van der Waals surface area contributed by atoms with E-state index in [0.29, 0.717) is 11.4 Å². The maximum absolute atomic E-state index is 12.2. The van der Waals surface area contributed by atoms with E-state index < -0.39 is 11.6 Å². The fourth-order valence-corrected chi connectivity index (χ4v) is 2.83. The van der Waals surface area contributed by atoms with Crippen LogP contribution in [-0.2, 0) is 11.2 Å². The van der Waals surface area contributed by atoms with Crippen molar-refractivity contribution in [3.05, 3.63) is 28.8 Å². The van der Waals surface area contributed by atoms with E-state index in [1.54, 1.807) is 12.1 Å². The number of halogens is 1. The van der Waals surface area contributed by atoms with Gasteiger partial charge in [0.1, 0.15) is 5.75 Å². The maximum Gasteiger partial charge on any atom is 0.261 e. The van der Waals surface area contributed by atoms with Gasteiger partial charge in [-0.15, -0.1) is 0 Å². The molecule has 1 aliphatic heterocycles. The predicted octanol–water partition coefficient (Wildman–Crippen LogP) is 1.67. The largest absolute Gasteiger partial charge is 0.480 e. The van der Waals surface area contributed by atoms with Crippen LogP contribution in [0.1, 0.15) is 24.8 Å². The molecule has 1 saturated carbocycles. The van der Waals surface area contributed by atoms with Crippen LogP contribution in [0.3, 0.4) is 0 Å². The summed E-state index contributed by atoms with van der Waals surface area (Å²) in [6.07, 6.45) is 2.73. The van der Waals surface area contributed by atoms with Crippen LogP contribution in [0.15, 0.2) is 18.2 Å². The summed E-state index contributed by atoms with van der Waals surface area (Å²) in [6, 6.07) is 5.37. The minimum Gasteiger partial charge on any atom is -0.480 e. The number of aliphatic hydroxyl groups is 1. The Morgan fingerprint density at radius 3 is 2.95 bits per heavy atom. The predicted molar refractivity (Wildman–Crippen MR) is 71.4 cm³/mol. The number of amides is 1. The number of rotatable bonds is 3. The van der Waals surface area contributed by atoms with E-state index in [0.717, 1.165) is 30.6 Å². The second-order valence-corrected chi connectivity index (χ2v) is 5.78. The van der Waals surface area contributed by atoms with Crippen molar-refractivity contribution in [1.82, 2.24) is 5.32 Å². The highest BCUT2D eigenvalue weighted by Crippen LogP contribution is 2.34. The molecule has 4 nitrogen and oxygen atoms in total. The lowest BCUT2D eigenvalue weighted by Gasteiger charge is -2.41. The second kappa shape index (κ2) is 4.69. The van der Waals surface area contributed by atoms with E-state index in [-0.39, 0.29) is 12.5 Å². The first-order valence-corrected chi connectivity index (χ1v) is 6.88. The fraction of sp³-hybridized carbons (Fsp3) is 0.500. The number of ether oxygens (including phenoxy) is 1. The molecule has 19 heavy (non-hydrogen) atoms. The molecule has 2 aliphatic rings. The van der Waals surface area contributed by atoms with Gasteiger partial charge in [-0.05, 0) is 43.0 Å². The molecule has 102 valence electrons. The molecular weight excluding hydrogens is 266 g/mol. The third-order valence-electron chi connectivity index (χ3n) is 3.99. The number of carbonyl (C=O) groups excluding carboxylic acids is 1. The Labute approximate surface area is 116 Å². The van der Waals surface area contributed by atoms with Gasteiger partial charge in [0.2, 0.25) is 0 Å². The maximum atomic E-state index is 12.2. The molecule has 1 unspecified atom stereocenters. The van der Waals surface area contributed by atoms with Gasteiger partial charge in [-0.2, -0.15) is 0 Å². The molecule has 0 saturated heterocycles. The van der Waals surface area contributed by atoms with E-state index >= 15 is 0 Å². The number of fused-ring (bicyclic) bond motifs is 1. The van der Waals surface area contributed by atoms with Gasteiger partial charge in [0.05, 0.1) is 12.1 Å². The molecule has 1 amide bonds. The number of aliphatic hydroxyl groups excluding tert-OH is 1. The van der Waals surface area contributed by atoms with Crippen molar-refractivity contribution < 1.29 is 14.6 Å². The van der Waals surface area contributed by atoms with E-state index in [1.165, 1.54) is 0 Å². The normalized spacial score (nSPS) is 23.2. The summed E-state index contributed by atoms with van der Waals surface area (Å²) in [5, 5.41) is 12.9. The smallest absolute Gasteiger partial charge is 0.261 e. The van der Waals surface area contributed by atoms with Crippen LogP contribution in [0.25, 0.3) is 0 Å². The van der Waals surface area contributed by atoms with Gasteiger partial charge >= 0.3 is 0 Å². The third-order valence-corrected chi connectivity index (χ3v) is 4.23. The van der Waals surface area contributed by atoms with Crippen LogP contribution in [0, 0.1) is 0 Å². The van der Waals surface area contributed by atoms with Crippen LogP contribution < -0.4 is 10.1 Å². The average Bonchev–Trinajstić information content (AvgIpc) is 2.76. The number of carbonyl (C=O) groups is 1. The quantitative estimate of drug-likeness (QED) is 0.886. The zero-order valence-corrected chi connectivity index (χ0v) is 11.2. The Hall–Kier alpha value is -1.26. The van der Waals surface area contributed by atoms with Gasteiger partial charge in [0.15, 0.2) is 6.10 Å². The molecular formula is C14H16ClNO3. The van der Waals surface area contributed by atoms with Gasteiger partial charge in [-0.3, -0.25) is 4.79 Å². The van der Waals surface area contributed by atoms with E-state index in [1.807, 2.05) is 6.07 Å². The molecule has 5 heteroatoms. The van der Waals surface area contributed by atoms with Crippen LogP contribution in [0.4, 0.5) is 0 Å². The minimum absolute atomic E-state index is 0.00969. The lowest BCUT2D eigenvalue weighted by atomic mass is 9.77. The summed E-state index contributed by atoms with van der Waals surface area (Å²) >= 11 is 5.92. The summed E-state index contributed by atoms with van der Waals surface area (Å²) < 4.78 is 5.63. The first-order valence-electron chi connectivity index (χ1n) is 6.50. The molecule has 0 bridgehead atoms. The monoisotopic (exact) mass is 281 g/mol. The minimum atomic E-state index is -0.516. The molecule has 0 spiro atoms. The average molecular weight is 282 g/mol. The highest BCUT2D eigenvalue weighted by molar-refractivity contribution is 6.30. The highest BCUT2D eigenvalue weighted by Gasteiger charge is 2.40. The summed E-state index contributed by atoms with van der Waals surface area (Å²) in [6.45, 7) is -0.00969. The van der Waals surface area contributed by atoms with E-state index in [9.17, 15) is 9.90 Å². The molecule has 1 aliphatic carbocycles. The van der Waals surface area contributed by atoms with Crippen molar-refractivity contribution in [3.8, 4) is 5.75 Å². The van der Waals surface area contributed by atoms with Crippen LogP contribution in [0.5, 0.6) is 5.75 Å². The summed E-state index contributed by atoms with van der Waals surface area (Å²) in [7, 11) is 0. The van der Waals surface area contributed by atoms with Crippen molar-refractivity contribution in [2.24, 2.45) is 0 Å². The second-order valence-electron chi connectivity index (χ2n) is 5.34. The lowest BCUT2D eigenvalue weighted by Crippen LogP contribution is -2.58. The molecule has 0 aromatic heterocycles. The zero-order valence-electron chi connectivity index (χ0n) is 10.5. The molecule has 1 fully saturated rings. The Morgan fingerprint density at radius 2 is 2.32 bits per heavy atom. The third kappa shape index (κ3) is 2.30. The summed E-state index contributed by atoms with van der Waals surface area (Å²) in [5.41, 5.74) is 0.534. The molecule has 2 N–H and O–H groups in total. The van der Waals surface area contributed by atoms with Gasteiger partial charge in [-0.1, -0.05) is 11.6 Å². The Morgan fingerprint density at radius 1 is 1.53 bits per heavy atom. The van der Waals surface area contributed by atoms with Crippen LogP contribution in [-0.4, -0.2) is 29.3 Å². The number of hydrogen-bond acceptors (Lipinski definition) is 3. The summed E-state index contributed by atoms with van der Waals surface area (Å²) in [5.74, 6) is 0.567. The van der Waals surface area contributed by atoms with Gasteiger partial charge < -0.3 is 15.2 Å². The van der Waals surface area contributed by atoms with Crippen molar-refractivity contribution >= 4 is 17.5 Å². The highest BCUT2D eigenvalue weighted by atomic mass is 35.5. The summed E-state index contributed by atoms with van der Waals surface area (Å²) in [4.78, 5) is 12.2. The first kappa shape index (κ1) is 12.8. The van der Waals surface area contributed by atoms with Crippen molar-refractivity contribution in [1.29, 1.82) is 0 Å². The number of nitrogens with one attached hydrogen (secondary N) is 1. The fourth-order valence-electron chi connectivity index (χ4n) is 2.63. The lowest BCUT2D eigenvalue weighted by molar-refractivity contribution is -0.131. The first-order chi connectivity index (χ1) is 9.12. The van der Waals surface area contributed by atoms with Crippen molar-refractivity contribution in [2.45, 2.75) is 37.3 Å². The van der Waals surface area contributed by atoms with Gasteiger partial charge in [-0.25, -0.2) is 0 Å². The van der Waals surface area contributed by atoms with Crippen LogP contribution >= 0.6 is 11.6 Å². The Kier molecular flexibility index (Phi) is 3.15. The Balaban J connectivity index is 1.67. The molecule has 0 radical (unpaired) electrons. The topological polar surface area (TPSA) is 58.6 Å². The molecule has 3 rings (SSSR count). The Bertz CT molecular complexity index is 508. The van der Waals surface area contributed by atoms with Crippen molar-refractivity contribution in [2.75, 3.05) is 6.61 Å². The van der Waals surface area contributed by atoms with E-state index in [2.05, 4.69) is 5.32 Å². The molecule has 1 heterocycles. The van der Waals surface area contributed by atoms with Crippen molar-refractivity contribution in [3.63, 3.8) is 0 Å². The molecule has 1 aromatic carbocycles. The molecule has 1 atom stereocenters. The number of benzene rings is 1. The van der Waals surface area contributed by atoms with Crippen LogP contribution in [0.2, 0.25) is 5.02 Å².